The highest BCUT2D eigenvalue weighted by Gasteiger charge is 2.31. The first-order chi connectivity index (χ1) is 12.3. The maximum atomic E-state index is 12.1. The molecule has 0 aliphatic carbocycles. The topological polar surface area (TPSA) is 102 Å². The molecule has 2 aromatic heterocycles. The van der Waals surface area contributed by atoms with E-state index in [9.17, 15) is 4.79 Å². The van der Waals surface area contributed by atoms with Crippen LogP contribution in [-0.4, -0.2) is 27.9 Å². The van der Waals surface area contributed by atoms with Crippen LogP contribution in [0.5, 0.6) is 11.5 Å². The summed E-state index contributed by atoms with van der Waals surface area (Å²) in [4.78, 5) is 16.2. The Balaban J connectivity index is 1.50. The lowest BCUT2D eigenvalue weighted by molar-refractivity contribution is -0.116. The zero-order chi connectivity index (χ0) is 16.8. The molecule has 1 unspecified atom stereocenters. The number of anilines is 1. The Morgan fingerprint density at radius 3 is 2.92 bits per heavy atom. The zero-order valence-corrected chi connectivity index (χ0v) is 13.6. The predicted molar refractivity (Wildman–Crippen MR) is 86.9 cm³/mol. The number of aromatic amines is 1. The van der Waals surface area contributed by atoms with E-state index in [0.717, 1.165) is 17.0 Å². The second kappa shape index (κ2) is 5.55. The van der Waals surface area contributed by atoms with Crippen molar-refractivity contribution in [3.8, 4) is 11.5 Å². The van der Waals surface area contributed by atoms with Gasteiger partial charge in [0.1, 0.15) is 12.1 Å². The van der Waals surface area contributed by atoms with Gasteiger partial charge in [0.05, 0.1) is 5.92 Å². The quantitative estimate of drug-likeness (QED) is 0.744. The Kier molecular flexibility index (Phi) is 3.20. The fourth-order valence-electron chi connectivity index (χ4n) is 3.02. The van der Waals surface area contributed by atoms with E-state index in [1.165, 1.54) is 18.1 Å². The van der Waals surface area contributed by atoms with Gasteiger partial charge in [0, 0.05) is 18.2 Å². The summed E-state index contributed by atoms with van der Waals surface area (Å²) in [6.45, 7) is 0.190. The molecule has 4 heterocycles. The second-order valence-corrected chi connectivity index (χ2v) is 6.64. The van der Waals surface area contributed by atoms with Crippen molar-refractivity contribution in [1.82, 2.24) is 15.2 Å². The van der Waals surface area contributed by atoms with Crippen molar-refractivity contribution in [3.05, 3.63) is 41.9 Å². The Morgan fingerprint density at radius 2 is 2.08 bits per heavy atom. The standard InChI is InChI=1S/C16H12N4O4S/c21-14-4-9(8-3-12-13(23-7-22-12)5-10(8)19-14)11-1-2-15(24-11)25-16-17-6-18-20-16/h1-3,5-6,9H,4,7H2,(H,19,21)(H,17,18,20). The first-order valence-corrected chi connectivity index (χ1v) is 8.44. The third kappa shape index (κ3) is 2.52. The fourth-order valence-corrected chi connectivity index (χ4v) is 3.68. The van der Waals surface area contributed by atoms with E-state index in [4.69, 9.17) is 13.9 Å². The molecule has 0 saturated heterocycles. The van der Waals surface area contributed by atoms with Gasteiger partial charge in [-0.3, -0.25) is 9.89 Å². The van der Waals surface area contributed by atoms with E-state index in [1.807, 2.05) is 18.2 Å². The molecule has 1 aromatic carbocycles. The molecule has 25 heavy (non-hydrogen) atoms. The number of rotatable bonds is 3. The highest BCUT2D eigenvalue weighted by Crippen LogP contribution is 2.45. The van der Waals surface area contributed by atoms with Crippen LogP contribution in [0.25, 0.3) is 0 Å². The summed E-state index contributed by atoms with van der Waals surface area (Å²) in [6.07, 6.45) is 1.75. The number of amides is 1. The summed E-state index contributed by atoms with van der Waals surface area (Å²) in [5.41, 5.74) is 1.68. The maximum absolute atomic E-state index is 12.1. The van der Waals surface area contributed by atoms with Crippen molar-refractivity contribution in [1.29, 1.82) is 0 Å². The van der Waals surface area contributed by atoms with E-state index in [2.05, 4.69) is 20.5 Å². The normalized spacial score (nSPS) is 18.1. The second-order valence-electron chi connectivity index (χ2n) is 5.65. The molecule has 3 aromatic rings. The Morgan fingerprint density at radius 1 is 1.20 bits per heavy atom. The lowest BCUT2D eigenvalue weighted by Gasteiger charge is -2.24. The lowest BCUT2D eigenvalue weighted by Crippen LogP contribution is -2.23. The van der Waals surface area contributed by atoms with Gasteiger partial charge in [0.2, 0.25) is 12.7 Å². The number of carbonyl (C=O) groups excluding carboxylic acids is 1. The minimum absolute atomic E-state index is 0.0581. The average molecular weight is 356 g/mol. The molecule has 5 rings (SSSR count). The van der Waals surface area contributed by atoms with Gasteiger partial charge in [0.25, 0.3) is 0 Å². The van der Waals surface area contributed by atoms with Crippen molar-refractivity contribution in [2.75, 3.05) is 12.1 Å². The molecular weight excluding hydrogens is 344 g/mol. The average Bonchev–Trinajstić information content (AvgIpc) is 3.34. The number of nitrogens with zero attached hydrogens (tertiary/aromatic N) is 2. The summed E-state index contributed by atoms with van der Waals surface area (Å²) in [5.74, 6) is 1.81. The van der Waals surface area contributed by atoms with Crippen LogP contribution in [0.15, 0.2) is 45.3 Å². The van der Waals surface area contributed by atoms with Gasteiger partial charge in [-0.05, 0) is 35.5 Å². The number of furan rings is 1. The van der Waals surface area contributed by atoms with Crippen molar-refractivity contribution in [3.63, 3.8) is 0 Å². The first kappa shape index (κ1) is 14.4. The summed E-state index contributed by atoms with van der Waals surface area (Å²) in [5, 5.41) is 10.8. The highest BCUT2D eigenvalue weighted by molar-refractivity contribution is 7.99. The molecule has 9 heteroatoms. The summed E-state index contributed by atoms with van der Waals surface area (Å²) in [6, 6.07) is 7.46. The molecule has 1 atom stereocenters. The van der Waals surface area contributed by atoms with Gasteiger partial charge >= 0.3 is 0 Å². The molecule has 0 spiro atoms. The minimum atomic E-state index is -0.178. The number of fused-ring (bicyclic) bond motifs is 2. The SMILES string of the molecule is O=C1CC(c2ccc(Sc3ncn[nH]3)o2)c2cc3c(cc2N1)OCO3. The number of hydrogen-bond donors (Lipinski definition) is 2. The van der Waals surface area contributed by atoms with Crippen LogP contribution in [0.4, 0.5) is 5.69 Å². The predicted octanol–water partition coefficient (Wildman–Crippen LogP) is 2.75. The van der Waals surface area contributed by atoms with Gasteiger partial charge in [-0.15, -0.1) is 0 Å². The van der Waals surface area contributed by atoms with E-state index in [-0.39, 0.29) is 18.6 Å². The molecule has 1 amide bonds. The van der Waals surface area contributed by atoms with Crippen LogP contribution in [-0.2, 0) is 4.79 Å². The van der Waals surface area contributed by atoms with Crippen LogP contribution >= 0.6 is 11.8 Å². The fraction of sp³-hybridized carbons (Fsp3) is 0.188. The monoisotopic (exact) mass is 356 g/mol. The van der Waals surface area contributed by atoms with Crippen molar-refractivity contribution >= 4 is 23.4 Å². The molecule has 126 valence electrons. The van der Waals surface area contributed by atoms with E-state index in [0.29, 0.717) is 28.2 Å². The first-order valence-electron chi connectivity index (χ1n) is 7.62. The molecule has 0 fully saturated rings. The third-order valence-electron chi connectivity index (χ3n) is 4.12. The Hall–Kier alpha value is -2.94. The van der Waals surface area contributed by atoms with Gasteiger partial charge in [-0.1, -0.05) is 0 Å². The van der Waals surface area contributed by atoms with Gasteiger partial charge in [-0.2, -0.15) is 5.10 Å². The number of carbonyl (C=O) groups is 1. The molecule has 0 bridgehead atoms. The van der Waals surface area contributed by atoms with Gasteiger partial charge < -0.3 is 19.2 Å². The lowest BCUT2D eigenvalue weighted by atomic mass is 9.88. The molecular formula is C16H12N4O4S. The number of benzene rings is 1. The van der Waals surface area contributed by atoms with Crippen LogP contribution in [0.3, 0.4) is 0 Å². The Bertz CT molecular complexity index is 953. The summed E-state index contributed by atoms with van der Waals surface area (Å²) in [7, 11) is 0. The molecule has 0 saturated carbocycles. The van der Waals surface area contributed by atoms with Crippen molar-refractivity contribution in [2.45, 2.75) is 22.6 Å². The molecule has 8 nitrogen and oxygen atoms in total. The number of aromatic nitrogens is 3. The molecule has 2 N–H and O–H groups in total. The summed E-state index contributed by atoms with van der Waals surface area (Å²) >= 11 is 1.34. The van der Waals surface area contributed by atoms with Crippen molar-refractivity contribution in [2.24, 2.45) is 0 Å². The molecule has 2 aliphatic heterocycles. The molecule has 0 radical (unpaired) electrons. The zero-order valence-electron chi connectivity index (χ0n) is 12.8. The minimum Gasteiger partial charge on any atom is -0.454 e. The van der Waals surface area contributed by atoms with E-state index in [1.54, 1.807) is 6.07 Å². The molecule has 2 aliphatic rings. The number of H-pyrrole nitrogens is 1. The largest absolute Gasteiger partial charge is 0.454 e. The number of hydrogen-bond acceptors (Lipinski definition) is 7. The van der Waals surface area contributed by atoms with Crippen LogP contribution < -0.4 is 14.8 Å². The van der Waals surface area contributed by atoms with Crippen LogP contribution in [0, 0.1) is 0 Å². The van der Waals surface area contributed by atoms with Gasteiger partial charge in [-0.25, -0.2) is 4.98 Å². The van der Waals surface area contributed by atoms with Crippen LogP contribution in [0.1, 0.15) is 23.7 Å². The smallest absolute Gasteiger partial charge is 0.231 e. The van der Waals surface area contributed by atoms with Crippen molar-refractivity contribution < 1.29 is 18.7 Å². The summed E-state index contributed by atoms with van der Waals surface area (Å²) < 4.78 is 16.8. The Labute approximate surface area is 145 Å². The van der Waals surface area contributed by atoms with E-state index >= 15 is 0 Å². The van der Waals surface area contributed by atoms with Crippen LogP contribution in [0.2, 0.25) is 0 Å². The third-order valence-corrected chi connectivity index (χ3v) is 4.93. The maximum Gasteiger partial charge on any atom is 0.231 e. The highest BCUT2D eigenvalue weighted by atomic mass is 32.2. The van der Waals surface area contributed by atoms with E-state index < -0.39 is 0 Å². The van der Waals surface area contributed by atoms with Gasteiger partial charge in [0.15, 0.2) is 21.7 Å². The number of nitrogens with one attached hydrogen (secondary N) is 2. The number of ether oxygens (including phenoxy) is 2.